The van der Waals surface area contributed by atoms with Crippen molar-refractivity contribution in [2.45, 2.75) is 12.0 Å². The lowest BCUT2D eigenvalue weighted by molar-refractivity contribution is 0.0137. The topological polar surface area (TPSA) is 41.6 Å². The Kier molecular flexibility index (Phi) is 4.94. The Hall–Kier alpha value is -1.20. The molecule has 110 valence electrons. The Balaban J connectivity index is 1.99. The number of hydrogen-bond acceptors (Lipinski definition) is 4. The van der Waals surface area contributed by atoms with Gasteiger partial charge in [0.2, 0.25) is 0 Å². The van der Waals surface area contributed by atoms with Gasteiger partial charge in [0.1, 0.15) is 0 Å². The molecule has 0 saturated carbocycles. The van der Waals surface area contributed by atoms with Crippen LogP contribution in [0.1, 0.15) is 16.8 Å². The molecule has 1 amide bonds. The van der Waals surface area contributed by atoms with Gasteiger partial charge in [-0.25, -0.2) is 0 Å². The van der Waals surface area contributed by atoms with Crippen LogP contribution in [0.3, 0.4) is 0 Å². The van der Waals surface area contributed by atoms with E-state index in [4.69, 9.17) is 4.74 Å². The van der Waals surface area contributed by atoms with Crippen LogP contribution in [0.4, 0.5) is 5.69 Å². The molecule has 4 nitrogen and oxygen atoms in total. The molecule has 1 aliphatic rings. The number of nitrogens with zero attached hydrogens (tertiary/aromatic N) is 1. The predicted molar refractivity (Wildman–Crippen MR) is 84.8 cm³/mol. The van der Waals surface area contributed by atoms with Crippen molar-refractivity contribution >= 4 is 23.4 Å². The molecule has 1 atom stereocenters. The Morgan fingerprint density at radius 3 is 2.90 bits per heavy atom. The molecule has 1 N–H and O–H groups in total. The van der Waals surface area contributed by atoms with Crippen LogP contribution in [-0.2, 0) is 4.74 Å². The summed E-state index contributed by atoms with van der Waals surface area (Å²) in [6.07, 6.45) is 0.992. The summed E-state index contributed by atoms with van der Waals surface area (Å²) < 4.78 is 5.60. The monoisotopic (exact) mass is 294 g/mol. The number of ether oxygens (including phenoxy) is 1. The van der Waals surface area contributed by atoms with Crippen molar-refractivity contribution in [3.05, 3.63) is 29.8 Å². The molecule has 0 aliphatic carbocycles. The first-order valence-corrected chi connectivity index (χ1v) is 7.90. The molecular weight excluding hydrogens is 272 g/mol. The third kappa shape index (κ3) is 3.46. The fraction of sp³-hybridized carbons (Fsp3) is 0.533. The summed E-state index contributed by atoms with van der Waals surface area (Å²) in [6, 6.07) is 7.63. The Bertz CT molecular complexity index is 471. The summed E-state index contributed by atoms with van der Waals surface area (Å²) in [7, 11) is 5.66. The second-order valence-electron chi connectivity index (χ2n) is 5.32. The first kappa shape index (κ1) is 15.2. The molecule has 1 heterocycles. The molecule has 1 unspecified atom stereocenters. The highest BCUT2D eigenvalue weighted by atomic mass is 32.2. The molecule has 20 heavy (non-hydrogen) atoms. The fourth-order valence-electron chi connectivity index (χ4n) is 2.23. The molecule has 0 aromatic heterocycles. The maximum absolute atomic E-state index is 12.2. The largest absolute Gasteiger partial charge is 0.378 e. The van der Waals surface area contributed by atoms with E-state index in [1.54, 1.807) is 7.11 Å². The number of nitrogens with one attached hydrogen (secondary N) is 1. The second-order valence-corrected chi connectivity index (χ2v) is 6.42. The summed E-state index contributed by atoms with van der Waals surface area (Å²) in [5, 5.41) is 3.00. The predicted octanol–water partition coefficient (Wildman–Crippen LogP) is 2.00. The molecule has 1 saturated heterocycles. The highest BCUT2D eigenvalue weighted by molar-refractivity contribution is 7.99. The highest BCUT2D eigenvalue weighted by Crippen LogP contribution is 2.30. The minimum atomic E-state index is -0.195. The van der Waals surface area contributed by atoms with Crippen LogP contribution < -0.4 is 10.2 Å². The zero-order valence-corrected chi connectivity index (χ0v) is 13.1. The van der Waals surface area contributed by atoms with Gasteiger partial charge in [0.05, 0.1) is 5.60 Å². The third-order valence-electron chi connectivity index (χ3n) is 3.70. The van der Waals surface area contributed by atoms with E-state index < -0.39 is 0 Å². The quantitative estimate of drug-likeness (QED) is 0.902. The van der Waals surface area contributed by atoms with E-state index in [1.807, 2.05) is 55.0 Å². The summed E-state index contributed by atoms with van der Waals surface area (Å²) in [6.45, 7) is 0.571. The molecule has 0 bridgehead atoms. The average molecular weight is 294 g/mol. The van der Waals surface area contributed by atoms with Gasteiger partial charge in [-0.05, 0) is 30.4 Å². The number of thioether (sulfide) groups is 1. The van der Waals surface area contributed by atoms with Gasteiger partial charge in [-0.15, -0.1) is 0 Å². The lowest BCUT2D eigenvalue weighted by atomic mass is 10.0. The molecule has 0 spiro atoms. The van der Waals surface area contributed by atoms with Gasteiger partial charge in [0, 0.05) is 44.8 Å². The van der Waals surface area contributed by atoms with Gasteiger partial charge < -0.3 is 15.0 Å². The molecule has 5 heteroatoms. The maximum atomic E-state index is 12.2. The Morgan fingerprint density at radius 2 is 2.30 bits per heavy atom. The summed E-state index contributed by atoms with van der Waals surface area (Å²) in [4.78, 5) is 14.2. The smallest absolute Gasteiger partial charge is 0.251 e. The van der Waals surface area contributed by atoms with Crippen LogP contribution in [-0.4, -0.2) is 50.8 Å². The van der Waals surface area contributed by atoms with E-state index in [2.05, 4.69) is 5.32 Å². The Labute approximate surface area is 124 Å². The van der Waals surface area contributed by atoms with Crippen molar-refractivity contribution in [2.75, 3.05) is 44.2 Å². The normalized spacial score (nSPS) is 21.8. The number of hydrogen-bond donors (Lipinski definition) is 1. The van der Waals surface area contributed by atoms with Gasteiger partial charge in [-0.3, -0.25) is 4.79 Å². The van der Waals surface area contributed by atoms with Crippen LogP contribution in [0.25, 0.3) is 0 Å². The lowest BCUT2D eigenvalue weighted by Gasteiger charge is -2.26. The van der Waals surface area contributed by atoms with Crippen molar-refractivity contribution in [3.8, 4) is 0 Å². The zero-order valence-electron chi connectivity index (χ0n) is 12.3. The minimum absolute atomic E-state index is 0.0398. The lowest BCUT2D eigenvalue weighted by Crippen LogP contribution is -2.44. The van der Waals surface area contributed by atoms with Crippen molar-refractivity contribution < 1.29 is 9.53 Å². The van der Waals surface area contributed by atoms with Gasteiger partial charge in [0.25, 0.3) is 5.91 Å². The number of amides is 1. The summed E-state index contributed by atoms with van der Waals surface area (Å²) >= 11 is 1.88. The van der Waals surface area contributed by atoms with E-state index in [0.717, 1.165) is 23.6 Å². The molecule has 1 aromatic carbocycles. The molecule has 0 radical (unpaired) electrons. The highest BCUT2D eigenvalue weighted by Gasteiger charge is 2.34. The number of benzene rings is 1. The molecule has 1 aromatic rings. The van der Waals surface area contributed by atoms with Gasteiger partial charge in [-0.1, -0.05) is 6.07 Å². The summed E-state index contributed by atoms with van der Waals surface area (Å²) in [5.41, 5.74) is 1.52. The van der Waals surface area contributed by atoms with E-state index in [1.165, 1.54) is 0 Å². The molecular formula is C15H22N2O2S. The van der Waals surface area contributed by atoms with Gasteiger partial charge >= 0.3 is 0 Å². The molecule has 1 fully saturated rings. The zero-order chi connectivity index (χ0) is 14.6. The van der Waals surface area contributed by atoms with E-state index in [0.29, 0.717) is 12.1 Å². The number of rotatable bonds is 5. The van der Waals surface area contributed by atoms with Gasteiger partial charge in [-0.2, -0.15) is 11.8 Å². The van der Waals surface area contributed by atoms with Crippen molar-refractivity contribution in [3.63, 3.8) is 0 Å². The van der Waals surface area contributed by atoms with Crippen LogP contribution in [0.2, 0.25) is 0 Å². The Morgan fingerprint density at radius 1 is 1.50 bits per heavy atom. The number of methoxy groups -OCH3 is 1. The van der Waals surface area contributed by atoms with Crippen molar-refractivity contribution in [1.82, 2.24) is 5.32 Å². The van der Waals surface area contributed by atoms with E-state index >= 15 is 0 Å². The minimum Gasteiger partial charge on any atom is -0.378 e. The standard InChI is InChI=1S/C15H22N2O2S/c1-17(2)13-6-4-5-12(9-13)14(18)16-10-15(19-3)7-8-20-11-15/h4-6,9H,7-8,10-11H2,1-3H3,(H,16,18). The first-order valence-electron chi connectivity index (χ1n) is 6.75. The van der Waals surface area contributed by atoms with E-state index in [9.17, 15) is 4.79 Å². The molecule has 2 rings (SSSR count). The van der Waals surface area contributed by atoms with Crippen LogP contribution in [0.15, 0.2) is 24.3 Å². The molecule has 1 aliphatic heterocycles. The summed E-state index contributed by atoms with van der Waals surface area (Å²) in [5.74, 6) is 2.00. The van der Waals surface area contributed by atoms with Crippen LogP contribution in [0.5, 0.6) is 0 Å². The number of anilines is 1. The van der Waals surface area contributed by atoms with Crippen LogP contribution >= 0.6 is 11.8 Å². The van der Waals surface area contributed by atoms with Crippen LogP contribution in [0, 0.1) is 0 Å². The number of carbonyl (C=O) groups excluding carboxylic acids is 1. The number of carbonyl (C=O) groups is 1. The third-order valence-corrected chi connectivity index (χ3v) is 4.92. The van der Waals surface area contributed by atoms with Crippen molar-refractivity contribution in [2.24, 2.45) is 0 Å². The maximum Gasteiger partial charge on any atom is 0.251 e. The fourth-order valence-corrected chi connectivity index (χ4v) is 3.63. The van der Waals surface area contributed by atoms with Crippen molar-refractivity contribution in [1.29, 1.82) is 0 Å². The second kappa shape index (κ2) is 6.50. The van der Waals surface area contributed by atoms with E-state index in [-0.39, 0.29) is 11.5 Å². The first-order chi connectivity index (χ1) is 9.56. The van der Waals surface area contributed by atoms with Gasteiger partial charge in [0.15, 0.2) is 0 Å². The average Bonchev–Trinajstić information content (AvgIpc) is 2.94. The SMILES string of the molecule is COC1(CNC(=O)c2cccc(N(C)C)c2)CCSC1.